The van der Waals surface area contributed by atoms with E-state index in [1.807, 2.05) is 19.9 Å². The molecular weight excluding hydrogens is 578 g/mol. The molecule has 0 radical (unpaired) electrons. The van der Waals surface area contributed by atoms with Gasteiger partial charge in [-0.2, -0.15) is 0 Å². The zero-order chi connectivity index (χ0) is 32.2. The molecule has 1 N–H and O–H groups in total. The summed E-state index contributed by atoms with van der Waals surface area (Å²) in [6.07, 6.45) is 8.25. The average molecular weight is 620 g/mol. The number of esters is 2. The number of rotatable bonds is 16. The minimum Gasteiger partial charge on any atom is -0.489 e. The summed E-state index contributed by atoms with van der Waals surface area (Å²) in [6.45, 7) is 3.76. The fraction of sp³-hybridized carbons (Fsp3) is 0.486. The highest BCUT2D eigenvalue weighted by molar-refractivity contribution is 5.89. The van der Waals surface area contributed by atoms with Crippen molar-refractivity contribution in [3.63, 3.8) is 0 Å². The molecule has 1 aliphatic carbocycles. The Hall–Kier alpha value is -4.36. The van der Waals surface area contributed by atoms with E-state index in [-0.39, 0.29) is 55.7 Å². The fourth-order valence-corrected chi connectivity index (χ4v) is 5.86. The first-order valence-electron chi connectivity index (χ1n) is 15.5. The molecule has 2 aromatic carbocycles. The van der Waals surface area contributed by atoms with Gasteiger partial charge in [-0.15, -0.1) is 22.0 Å². The first kappa shape index (κ1) is 33.5. The summed E-state index contributed by atoms with van der Waals surface area (Å²) in [5.41, 5.74) is 3.02. The van der Waals surface area contributed by atoms with Crippen LogP contribution in [-0.4, -0.2) is 47.6 Å². The highest BCUT2D eigenvalue weighted by Gasteiger charge is 2.44. The molecule has 0 saturated heterocycles. The minimum absolute atomic E-state index is 0.0687. The zero-order valence-corrected chi connectivity index (χ0v) is 25.8. The Morgan fingerprint density at radius 1 is 1.16 bits per heavy atom. The van der Waals surface area contributed by atoms with Crippen LogP contribution in [0.15, 0.2) is 54.6 Å². The van der Waals surface area contributed by atoms with Gasteiger partial charge in [0.2, 0.25) is 0 Å². The van der Waals surface area contributed by atoms with Gasteiger partial charge < -0.3 is 24.2 Å². The van der Waals surface area contributed by atoms with Gasteiger partial charge in [-0.05, 0) is 67.7 Å². The largest absolute Gasteiger partial charge is 0.489 e. The van der Waals surface area contributed by atoms with Crippen LogP contribution in [0.1, 0.15) is 85.3 Å². The molecule has 5 unspecified atom stereocenters. The van der Waals surface area contributed by atoms with Gasteiger partial charge in [-0.25, -0.2) is 4.79 Å². The molecule has 0 amide bonds. The quantitative estimate of drug-likeness (QED) is 0.0624. The van der Waals surface area contributed by atoms with Crippen LogP contribution in [0.5, 0.6) is 5.75 Å². The van der Waals surface area contributed by atoms with Crippen molar-refractivity contribution in [3.8, 4) is 17.6 Å². The number of benzene rings is 2. The van der Waals surface area contributed by atoms with E-state index in [1.54, 1.807) is 18.2 Å². The lowest BCUT2D eigenvalue weighted by Gasteiger charge is -2.17. The highest BCUT2D eigenvalue weighted by Crippen LogP contribution is 2.52. The molecule has 2 aliphatic rings. The van der Waals surface area contributed by atoms with E-state index in [4.69, 9.17) is 14.2 Å². The standard InChI is InChI=1S/C35H41NO9/c1-3-4-9-24(2)30(37)18-16-26-17-19-31-33(26)29-14-6-11-27(34(29)45-31)12-7-15-32(38)42-20-8-21-43-35(39)28-13-5-10-25(22-28)23-44-36(40)41/h5-6,10-11,13-14,16,18,22,24,26,30-31,33,37H,7-9,12,15,17,19-21,23H2,1-2H3/b18-16+. The van der Waals surface area contributed by atoms with Crippen LogP contribution in [-0.2, 0) is 32.1 Å². The fourth-order valence-electron chi connectivity index (χ4n) is 5.86. The molecule has 45 heavy (non-hydrogen) atoms. The molecule has 1 saturated carbocycles. The lowest BCUT2D eigenvalue weighted by molar-refractivity contribution is -0.763. The first-order chi connectivity index (χ1) is 21.8. The van der Waals surface area contributed by atoms with Crippen LogP contribution in [0.25, 0.3) is 0 Å². The second kappa shape index (κ2) is 16.6. The number of para-hydroxylation sites is 1. The highest BCUT2D eigenvalue weighted by atomic mass is 16.9. The van der Waals surface area contributed by atoms with E-state index >= 15 is 0 Å². The molecule has 0 spiro atoms. The van der Waals surface area contributed by atoms with Gasteiger partial charge in [0, 0.05) is 30.7 Å². The number of aryl methyl sites for hydroxylation is 1. The Labute approximate surface area is 263 Å². The Bertz CT molecular complexity index is 1430. The Kier molecular flexibility index (Phi) is 12.4. The number of hydrogen-bond acceptors (Lipinski definition) is 9. The van der Waals surface area contributed by atoms with Crippen LogP contribution in [0.2, 0.25) is 0 Å². The van der Waals surface area contributed by atoms with Crippen molar-refractivity contribution in [2.45, 2.75) is 83.5 Å². The van der Waals surface area contributed by atoms with Crippen molar-refractivity contribution >= 4 is 11.9 Å². The van der Waals surface area contributed by atoms with E-state index in [0.717, 1.165) is 24.2 Å². The molecule has 10 nitrogen and oxygen atoms in total. The number of carbonyl (C=O) groups excluding carboxylic acids is 2. The Morgan fingerprint density at radius 2 is 1.96 bits per heavy atom. The maximum Gasteiger partial charge on any atom is 0.338 e. The predicted octanol–water partition coefficient (Wildman–Crippen LogP) is 5.73. The van der Waals surface area contributed by atoms with E-state index in [1.165, 1.54) is 11.6 Å². The molecule has 2 aromatic rings. The van der Waals surface area contributed by atoms with Gasteiger partial charge in [0.05, 0.1) is 24.9 Å². The molecule has 1 fully saturated rings. The molecule has 0 aromatic heterocycles. The summed E-state index contributed by atoms with van der Waals surface area (Å²) < 4.78 is 17.0. The van der Waals surface area contributed by atoms with Crippen LogP contribution in [0.4, 0.5) is 0 Å². The zero-order valence-electron chi connectivity index (χ0n) is 25.8. The lowest BCUT2D eigenvalue weighted by Crippen LogP contribution is -2.17. The monoisotopic (exact) mass is 619 g/mol. The van der Waals surface area contributed by atoms with Gasteiger partial charge >= 0.3 is 11.9 Å². The molecule has 1 heterocycles. The van der Waals surface area contributed by atoms with Crippen LogP contribution >= 0.6 is 0 Å². The maximum atomic E-state index is 12.3. The van der Waals surface area contributed by atoms with Crippen molar-refractivity contribution in [1.29, 1.82) is 0 Å². The molecule has 10 heteroatoms. The SMILES string of the molecule is CC#CCC(C)C(O)/C=C/C1CCC2Oc3c(CCCC(=O)OCCCOC(=O)c4cccc(CO[N+](=O)[O-])c4)cccc3C12. The summed E-state index contributed by atoms with van der Waals surface area (Å²) >= 11 is 0. The summed E-state index contributed by atoms with van der Waals surface area (Å²) in [5.74, 6) is 6.63. The van der Waals surface area contributed by atoms with Crippen LogP contribution in [0.3, 0.4) is 0 Å². The minimum atomic E-state index is -0.895. The van der Waals surface area contributed by atoms with Gasteiger partial charge in [-0.3, -0.25) is 4.79 Å². The van der Waals surface area contributed by atoms with Gasteiger partial charge in [0.25, 0.3) is 5.09 Å². The van der Waals surface area contributed by atoms with Crippen molar-refractivity contribution in [3.05, 3.63) is 87.0 Å². The summed E-state index contributed by atoms with van der Waals surface area (Å²) in [4.78, 5) is 39.2. The average Bonchev–Trinajstić information content (AvgIpc) is 3.61. The lowest BCUT2D eigenvalue weighted by atomic mass is 9.86. The Balaban J connectivity index is 1.17. The molecule has 1 aliphatic heterocycles. The number of fused-ring (bicyclic) bond motifs is 3. The molecule has 0 bridgehead atoms. The van der Waals surface area contributed by atoms with Gasteiger partial charge in [0.1, 0.15) is 18.5 Å². The summed E-state index contributed by atoms with van der Waals surface area (Å²) in [6, 6.07) is 12.5. The van der Waals surface area contributed by atoms with Gasteiger partial charge in [0.15, 0.2) is 0 Å². The van der Waals surface area contributed by atoms with Crippen LogP contribution < -0.4 is 4.74 Å². The predicted molar refractivity (Wildman–Crippen MR) is 166 cm³/mol. The van der Waals surface area contributed by atoms with Crippen molar-refractivity contribution in [2.75, 3.05) is 13.2 Å². The topological polar surface area (TPSA) is 134 Å². The number of allylic oxidation sites excluding steroid dienone is 1. The number of aliphatic hydroxyl groups is 1. The summed E-state index contributed by atoms with van der Waals surface area (Å²) in [7, 11) is 0. The smallest absolute Gasteiger partial charge is 0.338 e. The van der Waals surface area contributed by atoms with E-state index in [2.05, 4.69) is 41.0 Å². The number of nitrogens with zero attached hydrogens (tertiary/aromatic N) is 1. The maximum absolute atomic E-state index is 12.3. The Morgan fingerprint density at radius 3 is 2.76 bits per heavy atom. The normalized spacial score (nSPS) is 19.4. The number of hydrogen-bond donors (Lipinski definition) is 1. The van der Waals surface area contributed by atoms with Crippen LogP contribution in [0, 0.1) is 33.8 Å². The number of ether oxygens (including phenoxy) is 3. The second-order valence-electron chi connectivity index (χ2n) is 11.5. The third-order valence-corrected chi connectivity index (χ3v) is 8.25. The molecule has 4 rings (SSSR count). The van der Waals surface area contributed by atoms with E-state index < -0.39 is 17.2 Å². The molecule has 5 atom stereocenters. The third-order valence-electron chi connectivity index (χ3n) is 8.25. The van der Waals surface area contributed by atoms with Crippen molar-refractivity contribution in [1.82, 2.24) is 0 Å². The number of aliphatic hydroxyl groups excluding tert-OH is 1. The number of carbonyl (C=O) groups is 2. The molecular formula is C35H41NO9. The van der Waals surface area contributed by atoms with Gasteiger partial charge in [-0.1, -0.05) is 49.4 Å². The first-order valence-corrected chi connectivity index (χ1v) is 15.5. The summed E-state index contributed by atoms with van der Waals surface area (Å²) in [5, 5.41) is 20.0. The molecule has 240 valence electrons. The van der Waals surface area contributed by atoms with E-state index in [9.17, 15) is 24.8 Å². The van der Waals surface area contributed by atoms with Crippen molar-refractivity contribution in [2.24, 2.45) is 11.8 Å². The second-order valence-corrected chi connectivity index (χ2v) is 11.5. The van der Waals surface area contributed by atoms with Crippen molar-refractivity contribution < 1.29 is 38.8 Å². The van der Waals surface area contributed by atoms with E-state index in [0.29, 0.717) is 37.2 Å². The third kappa shape index (κ3) is 9.56.